The number of nitrogens with one attached hydrogen (secondary N) is 1. The number of hydrogen-bond donors (Lipinski definition) is 2. The summed E-state index contributed by atoms with van der Waals surface area (Å²) in [6.45, 7) is 1.73. The molecule has 1 aromatic carbocycles. The van der Waals surface area contributed by atoms with Gasteiger partial charge in [0, 0.05) is 12.6 Å². The molecular formula is C12H19NO3S. The molecule has 1 unspecified atom stereocenters. The second-order valence-corrected chi connectivity index (χ2v) is 5.98. The Hall–Kier alpha value is -0.910. The zero-order valence-corrected chi connectivity index (χ0v) is 10.8. The summed E-state index contributed by atoms with van der Waals surface area (Å²) in [4.78, 5) is 0. The average Bonchev–Trinajstić information content (AvgIpc) is 2.27. The van der Waals surface area contributed by atoms with Gasteiger partial charge in [-0.25, -0.2) is 13.1 Å². The highest BCUT2D eigenvalue weighted by Crippen LogP contribution is 2.04. The van der Waals surface area contributed by atoms with Crippen molar-refractivity contribution in [3.63, 3.8) is 0 Å². The van der Waals surface area contributed by atoms with Gasteiger partial charge in [0.1, 0.15) is 0 Å². The summed E-state index contributed by atoms with van der Waals surface area (Å²) in [6.07, 6.45) is 0.937. The van der Waals surface area contributed by atoms with Gasteiger partial charge in [0.2, 0.25) is 10.0 Å². The van der Waals surface area contributed by atoms with Crippen LogP contribution >= 0.6 is 0 Å². The quantitative estimate of drug-likeness (QED) is 0.763. The molecule has 0 aliphatic rings. The summed E-state index contributed by atoms with van der Waals surface area (Å²) in [5, 5.41) is 8.61. The van der Waals surface area contributed by atoms with Crippen LogP contribution in [0.4, 0.5) is 0 Å². The normalized spacial score (nSPS) is 13.5. The van der Waals surface area contributed by atoms with Crippen LogP contribution in [0.25, 0.3) is 0 Å². The molecule has 0 saturated heterocycles. The maximum Gasteiger partial charge on any atom is 0.211 e. The third-order valence-corrected chi connectivity index (χ3v) is 3.92. The van der Waals surface area contributed by atoms with E-state index in [0.717, 1.165) is 5.56 Å². The number of benzene rings is 1. The fourth-order valence-corrected chi connectivity index (χ4v) is 2.95. The van der Waals surface area contributed by atoms with Crippen molar-refractivity contribution in [1.82, 2.24) is 4.72 Å². The molecule has 96 valence electrons. The van der Waals surface area contributed by atoms with E-state index in [1.54, 1.807) is 0 Å². The molecule has 0 radical (unpaired) electrons. The van der Waals surface area contributed by atoms with Crippen molar-refractivity contribution < 1.29 is 13.5 Å². The summed E-state index contributed by atoms with van der Waals surface area (Å²) >= 11 is 0. The van der Waals surface area contributed by atoms with Crippen molar-refractivity contribution in [3.8, 4) is 0 Å². The minimum Gasteiger partial charge on any atom is -0.396 e. The van der Waals surface area contributed by atoms with Crippen LogP contribution in [0.15, 0.2) is 30.3 Å². The van der Waals surface area contributed by atoms with Crippen LogP contribution < -0.4 is 4.72 Å². The van der Waals surface area contributed by atoms with Crippen LogP contribution in [0.2, 0.25) is 0 Å². The summed E-state index contributed by atoms with van der Waals surface area (Å²) in [5.41, 5.74) is 1.10. The number of hydrogen-bond acceptors (Lipinski definition) is 3. The number of aliphatic hydroxyl groups excluding tert-OH is 1. The van der Waals surface area contributed by atoms with Gasteiger partial charge >= 0.3 is 0 Å². The maximum atomic E-state index is 11.6. The third kappa shape index (κ3) is 5.81. The van der Waals surface area contributed by atoms with Gasteiger partial charge in [-0.2, -0.15) is 0 Å². The second-order valence-electron chi connectivity index (χ2n) is 4.10. The van der Waals surface area contributed by atoms with Gasteiger partial charge in [-0.1, -0.05) is 30.3 Å². The smallest absolute Gasteiger partial charge is 0.211 e. The standard InChI is InChI=1S/C12H19NO3S/c1-11(10-12-6-3-2-4-7-12)13-17(15,16)9-5-8-14/h2-4,6-7,11,13-14H,5,8-10H2,1H3. The molecule has 5 heteroatoms. The van der Waals surface area contributed by atoms with Crippen LogP contribution in [0.5, 0.6) is 0 Å². The molecule has 0 heterocycles. The molecule has 0 saturated carbocycles. The highest BCUT2D eigenvalue weighted by Gasteiger charge is 2.13. The van der Waals surface area contributed by atoms with Gasteiger partial charge in [-0.3, -0.25) is 0 Å². The molecule has 0 aliphatic carbocycles. The van der Waals surface area contributed by atoms with Gasteiger partial charge in [0.25, 0.3) is 0 Å². The van der Waals surface area contributed by atoms with Gasteiger partial charge in [-0.05, 0) is 25.3 Å². The monoisotopic (exact) mass is 257 g/mol. The maximum absolute atomic E-state index is 11.6. The van der Waals surface area contributed by atoms with Crippen LogP contribution in [0.3, 0.4) is 0 Å². The van der Waals surface area contributed by atoms with Crippen LogP contribution in [0, 0.1) is 0 Å². The molecule has 0 bridgehead atoms. The Bertz CT molecular complexity index is 417. The molecule has 0 aromatic heterocycles. The predicted molar refractivity (Wildman–Crippen MR) is 68.2 cm³/mol. The van der Waals surface area contributed by atoms with Crippen molar-refractivity contribution in [2.75, 3.05) is 12.4 Å². The third-order valence-electron chi connectivity index (χ3n) is 2.34. The predicted octanol–water partition coefficient (Wildman–Crippen LogP) is 0.919. The fourth-order valence-electron chi connectivity index (χ4n) is 1.63. The van der Waals surface area contributed by atoms with Crippen molar-refractivity contribution >= 4 is 10.0 Å². The van der Waals surface area contributed by atoms with Crippen molar-refractivity contribution in [1.29, 1.82) is 0 Å². The molecule has 2 N–H and O–H groups in total. The van der Waals surface area contributed by atoms with Crippen LogP contribution in [-0.4, -0.2) is 31.9 Å². The largest absolute Gasteiger partial charge is 0.396 e. The lowest BCUT2D eigenvalue weighted by Crippen LogP contribution is -2.35. The molecular weight excluding hydrogens is 238 g/mol. The molecule has 17 heavy (non-hydrogen) atoms. The number of rotatable bonds is 7. The summed E-state index contributed by atoms with van der Waals surface area (Å²) in [7, 11) is -3.27. The van der Waals surface area contributed by atoms with E-state index in [1.807, 2.05) is 37.3 Å². The lowest BCUT2D eigenvalue weighted by atomic mass is 10.1. The Balaban J connectivity index is 2.47. The van der Waals surface area contributed by atoms with Crippen molar-refractivity contribution in [2.24, 2.45) is 0 Å². The first-order valence-electron chi connectivity index (χ1n) is 5.68. The van der Waals surface area contributed by atoms with Gasteiger partial charge < -0.3 is 5.11 Å². The van der Waals surface area contributed by atoms with E-state index in [2.05, 4.69) is 4.72 Å². The minimum atomic E-state index is -3.27. The van der Waals surface area contributed by atoms with Gasteiger partial charge in [0.05, 0.1) is 5.75 Å². The first-order chi connectivity index (χ1) is 8.03. The van der Waals surface area contributed by atoms with Gasteiger partial charge in [-0.15, -0.1) is 0 Å². The number of aliphatic hydroxyl groups is 1. The fraction of sp³-hybridized carbons (Fsp3) is 0.500. The minimum absolute atomic E-state index is 0.0252. The first-order valence-corrected chi connectivity index (χ1v) is 7.33. The van der Waals surface area contributed by atoms with E-state index < -0.39 is 10.0 Å². The number of sulfonamides is 1. The molecule has 0 fully saturated rings. The lowest BCUT2D eigenvalue weighted by molar-refractivity contribution is 0.295. The van der Waals surface area contributed by atoms with Crippen LogP contribution in [-0.2, 0) is 16.4 Å². The lowest BCUT2D eigenvalue weighted by Gasteiger charge is -2.14. The first kappa shape index (κ1) is 14.2. The molecule has 0 aliphatic heterocycles. The summed E-state index contributed by atoms with van der Waals surface area (Å²) < 4.78 is 25.7. The van der Waals surface area contributed by atoms with E-state index in [0.29, 0.717) is 6.42 Å². The van der Waals surface area contributed by atoms with Crippen molar-refractivity contribution in [3.05, 3.63) is 35.9 Å². The topological polar surface area (TPSA) is 66.4 Å². The summed E-state index contributed by atoms with van der Waals surface area (Å²) in [5.74, 6) is -0.0252. The second kappa shape index (κ2) is 6.74. The molecule has 4 nitrogen and oxygen atoms in total. The Morgan fingerprint density at radius 3 is 2.53 bits per heavy atom. The zero-order valence-electron chi connectivity index (χ0n) is 9.96. The van der Waals surface area contributed by atoms with Crippen molar-refractivity contribution in [2.45, 2.75) is 25.8 Å². The Kier molecular flexibility index (Phi) is 5.61. The highest BCUT2D eigenvalue weighted by atomic mass is 32.2. The molecule has 1 rings (SSSR count). The Labute approximate surface area is 103 Å². The highest BCUT2D eigenvalue weighted by molar-refractivity contribution is 7.89. The van der Waals surface area contributed by atoms with E-state index in [9.17, 15) is 8.42 Å². The zero-order chi connectivity index (χ0) is 12.7. The molecule has 1 atom stereocenters. The van der Waals surface area contributed by atoms with Gasteiger partial charge in [0.15, 0.2) is 0 Å². The molecule has 0 amide bonds. The average molecular weight is 257 g/mol. The van der Waals surface area contributed by atoms with E-state index in [1.165, 1.54) is 0 Å². The van der Waals surface area contributed by atoms with E-state index in [-0.39, 0.29) is 24.8 Å². The van der Waals surface area contributed by atoms with E-state index >= 15 is 0 Å². The summed E-state index contributed by atoms with van der Waals surface area (Å²) in [6, 6.07) is 9.60. The molecule has 1 aromatic rings. The van der Waals surface area contributed by atoms with E-state index in [4.69, 9.17) is 5.11 Å². The molecule has 0 spiro atoms. The Morgan fingerprint density at radius 1 is 1.29 bits per heavy atom. The SMILES string of the molecule is CC(Cc1ccccc1)NS(=O)(=O)CCCO. The Morgan fingerprint density at radius 2 is 1.94 bits per heavy atom. The van der Waals surface area contributed by atoms with Crippen LogP contribution in [0.1, 0.15) is 18.9 Å².